The fraction of sp³-hybridized carbons (Fsp3) is 0. The molecule has 3 aromatic rings. The number of benzene rings is 1. The molecular formula is C13H7ClN2OS. The minimum atomic E-state index is -0.451. The minimum Gasteiger partial charge on any atom is -0.276 e. The largest absolute Gasteiger partial charge is 0.276 e. The Morgan fingerprint density at radius 3 is 2.89 bits per heavy atom. The van der Waals surface area contributed by atoms with E-state index in [0.717, 1.165) is 20.8 Å². The molecule has 0 bridgehead atoms. The number of nitrogens with zero attached hydrogens (tertiary/aromatic N) is 2. The first kappa shape index (κ1) is 11.3. The van der Waals surface area contributed by atoms with Gasteiger partial charge in [0.15, 0.2) is 0 Å². The highest BCUT2D eigenvalue weighted by Crippen LogP contribution is 2.30. The van der Waals surface area contributed by atoms with E-state index in [0.29, 0.717) is 5.56 Å². The lowest BCUT2D eigenvalue weighted by atomic mass is 10.2. The number of hydrogen-bond acceptors (Lipinski definition) is 4. The molecule has 1 aromatic carbocycles. The molecule has 0 unspecified atom stereocenters. The lowest BCUT2D eigenvalue weighted by molar-refractivity contribution is 0.108. The second kappa shape index (κ2) is 4.48. The van der Waals surface area contributed by atoms with Gasteiger partial charge in [-0.3, -0.25) is 9.78 Å². The normalized spacial score (nSPS) is 10.7. The zero-order chi connectivity index (χ0) is 12.5. The van der Waals surface area contributed by atoms with Crippen LogP contribution in [0.1, 0.15) is 10.4 Å². The van der Waals surface area contributed by atoms with Crippen molar-refractivity contribution in [3.63, 3.8) is 0 Å². The van der Waals surface area contributed by atoms with Gasteiger partial charge in [-0.15, -0.1) is 11.3 Å². The van der Waals surface area contributed by atoms with Gasteiger partial charge in [-0.05, 0) is 41.9 Å². The molecule has 2 aromatic heterocycles. The molecule has 0 amide bonds. The van der Waals surface area contributed by atoms with Crippen LogP contribution in [-0.4, -0.2) is 15.2 Å². The predicted molar refractivity (Wildman–Crippen MR) is 73.0 cm³/mol. The van der Waals surface area contributed by atoms with Gasteiger partial charge < -0.3 is 0 Å². The molecule has 0 saturated heterocycles. The predicted octanol–water partition coefficient (Wildman–Crippen LogP) is 3.74. The van der Waals surface area contributed by atoms with E-state index in [9.17, 15) is 4.79 Å². The van der Waals surface area contributed by atoms with Gasteiger partial charge in [0, 0.05) is 23.5 Å². The van der Waals surface area contributed by atoms with Crippen LogP contribution in [0.4, 0.5) is 0 Å². The highest BCUT2D eigenvalue weighted by Gasteiger charge is 2.09. The number of halogens is 1. The zero-order valence-electron chi connectivity index (χ0n) is 9.13. The fourth-order valence-electron chi connectivity index (χ4n) is 1.66. The number of rotatable bonds is 2. The molecule has 0 fully saturated rings. The van der Waals surface area contributed by atoms with E-state index >= 15 is 0 Å². The summed E-state index contributed by atoms with van der Waals surface area (Å²) in [5.41, 5.74) is 2.32. The maximum atomic E-state index is 11.1. The molecule has 0 aliphatic carbocycles. The summed E-state index contributed by atoms with van der Waals surface area (Å²) in [6.45, 7) is 0. The van der Waals surface area contributed by atoms with Gasteiger partial charge in [-0.2, -0.15) is 0 Å². The number of aromatic nitrogens is 2. The number of fused-ring (bicyclic) bond motifs is 1. The van der Waals surface area contributed by atoms with E-state index in [2.05, 4.69) is 9.97 Å². The molecule has 0 radical (unpaired) electrons. The Bertz CT molecular complexity index is 724. The molecule has 3 rings (SSSR count). The first-order valence-corrected chi connectivity index (χ1v) is 6.44. The third-order valence-electron chi connectivity index (χ3n) is 2.52. The Labute approximate surface area is 112 Å². The first-order chi connectivity index (χ1) is 8.74. The summed E-state index contributed by atoms with van der Waals surface area (Å²) in [5, 5.41) is 0.436. The zero-order valence-corrected chi connectivity index (χ0v) is 10.7. The summed E-state index contributed by atoms with van der Waals surface area (Å²) in [4.78, 5) is 19.7. The number of pyridine rings is 1. The number of carbonyl (C=O) groups is 1. The summed E-state index contributed by atoms with van der Waals surface area (Å²) >= 11 is 6.98. The fourth-order valence-corrected chi connectivity index (χ4v) is 2.77. The van der Waals surface area contributed by atoms with Gasteiger partial charge in [-0.1, -0.05) is 0 Å². The molecule has 0 aliphatic rings. The van der Waals surface area contributed by atoms with Crippen LogP contribution < -0.4 is 0 Å². The van der Waals surface area contributed by atoms with E-state index in [-0.39, 0.29) is 0 Å². The van der Waals surface area contributed by atoms with E-state index in [1.54, 1.807) is 30.6 Å². The average Bonchev–Trinajstić information content (AvgIpc) is 2.82. The Balaban J connectivity index is 2.14. The Hall–Kier alpha value is -1.78. The van der Waals surface area contributed by atoms with Crippen LogP contribution in [0.15, 0.2) is 42.7 Å². The van der Waals surface area contributed by atoms with Gasteiger partial charge in [0.25, 0.3) is 5.24 Å². The molecule has 0 spiro atoms. The Kier molecular flexibility index (Phi) is 2.81. The third-order valence-corrected chi connectivity index (χ3v) is 3.81. The van der Waals surface area contributed by atoms with Crippen LogP contribution in [0.3, 0.4) is 0 Å². The van der Waals surface area contributed by atoms with Gasteiger partial charge in [0.1, 0.15) is 5.01 Å². The lowest BCUT2D eigenvalue weighted by Gasteiger charge is -1.91. The summed E-state index contributed by atoms with van der Waals surface area (Å²) in [7, 11) is 0. The molecule has 0 aliphatic heterocycles. The number of carbonyl (C=O) groups excluding carboxylic acids is 1. The standard InChI is InChI=1S/C13H7ClN2OS/c14-12(17)8-3-4-10-11(6-8)18-13(16-10)9-2-1-5-15-7-9/h1-7H. The molecule has 0 atom stereocenters. The summed E-state index contributed by atoms with van der Waals surface area (Å²) in [6.07, 6.45) is 3.49. The Morgan fingerprint density at radius 1 is 1.28 bits per heavy atom. The van der Waals surface area contributed by atoms with Crippen molar-refractivity contribution in [2.24, 2.45) is 0 Å². The quantitative estimate of drug-likeness (QED) is 0.669. The molecule has 3 nitrogen and oxygen atoms in total. The van der Waals surface area contributed by atoms with E-state index < -0.39 is 5.24 Å². The SMILES string of the molecule is O=C(Cl)c1ccc2nc(-c3cccnc3)sc2c1. The maximum Gasteiger partial charge on any atom is 0.252 e. The Morgan fingerprint density at radius 2 is 2.17 bits per heavy atom. The molecule has 0 N–H and O–H groups in total. The molecule has 0 saturated carbocycles. The molecule has 2 heterocycles. The van der Waals surface area contributed by atoms with Crippen molar-refractivity contribution in [2.45, 2.75) is 0 Å². The summed E-state index contributed by atoms with van der Waals surface area (Å²) in [5.74, 6) is 0. The van der Waals surface area contributed by atoms with Crippen molar-refractivity contribution in [3.8, 4) is 10.6 Å². The van der Waals surface area contributed by atoms with E-state index in [4.69, 9.17) is 11.6 Å². The first-order valence-electron chi connectivity index (χ1n) is 5.25. The highest BCUT2D eigenvalue weighted by atomic mass is 35.5. The van der Waals surface area contributed by atoms with Crippen molar-refractivity contribution in [3.05, 3.63) is 48.3 Å². The summed E-state index contributed by atoms with van der Waals surface area (Å²) in [6, 6.07) is 9.08. The van der Waals surface area contributed by atoms with Crippen molar-refractivity contribution in [2.75, 3.05) is 0 Å². The topological polar surface area (TPSA) is 42.9 Å². The van der Waals surface area contributed by atoms with Gasteiger partial charge in [0.2, 0.25) is 0 Å². The van der Waals surface area contributed by atoms with Crippen molar-refractivity contribution in [1.29, 1.82) is 0 Å². The van der Waals surface area contributed by atoms with Crippen LogP contribution in [-0.2, 0) is 0 Å². The van der Waals surface area contributed by atoms with Gasteiger partial charge in [-0.25, -0.2) is 4.98 Å². The molecular weight excluding hydrogens is 268 g/mol. The van der Waals surface area contributed by atoms with Crippen LogP contribution in [0.25, 0.3) is 20.8 Å². The third kappa shape index (κ3) is 2.00. The average molecular weight is 275 g/mol. The van der Waals surface area contributed by atoms with Crippen LogP contribution >= 0.6 is 22.9 Å². The maximum absolute atomic E-state index is 11.1. The summed E-state index contributed by atoms with van der Waals surface area (Å²) < 4.78 is 0.945. The van der Waals surface area contributed by atoms with Crippen molar-refractivity contribution < 1.29 is 4.79 Å². The van der Waals surface area contributed by atoms with Crippen LogP contribution in [0.2, 0.25) is 0 Å². The van der Waals surface area contributed by atoms with Crippen molar-refractivity contribution in [1.82, 2.24) is 9.97 Å². The van der Waals surface area contributed by atoms with Gasteiger partial charge in [0.05, 0.1) is 10.2 Å². The van der Waals surface area contributed by atoms with Gasteiger partial charge >= 0.3 is 0 Å². The lowest BCUT2D eigenvalue weighted by Crippen LogP contribution is -1.86. The van der Waals surface area contributed by atoms with E-state index in [1.807, 2.05) is 12.1 Å². The second-order valence-electron chi connectivity index (χ2n) is 3.72. The van der Waals surface area contributed by atoms with E-state index in [1.165, 1.54) is 11.3 Å². The smallest absolute Gasteiger partial charge is 0.252 e. The number of hydrogen-bond donors (Lipinski definition) is 0. The van der Waals surface area contributed by atoms with Crippen molar-refractivity contribution >= 4 is 38.4 Å². The van der Waals surface area contributed by atoms with Crippen LogP contribution in [0.5, 0.6) is 0 Å². The monoisotopic (exact) mass is 274 g/mol. The molecule has 88 valence electrons. The molecule has 18 heavy (non-hydrogen) atoms. The second-order valence-corrected chi connectivity index (χ2v) is 5.09. The molecule has 5 heteroatoms. The highest BCUT2D eigenvalue weighted by molar-refractivity contribution is 7.21. The minimum absolute atomic E-state index is 0.451. The van der Waals surface area contributed by atoms with Crippen LogP contribution in [0, 0.1) is 0 Å². The number of thiazole rings is 1.